The van der Waals surface area contributed by atoms with Crippen LogP contribution in [0.2, 0.25) is 5.02 Å². The molecule has 6 heteroatoms. The molecule has 0 saturated heterocycles. The van der Waals surface area contributed by atoms with Crippen LogP contribution < -0.4 is 10.1 Å². The summed E-state index contributed by atoms with van der Waals surface area (Å²) in [6, 6.07) is 17.9. The fraction of sp³-hybridized carbons (Fsp3) is 0.143. The first-order valence-corrected chi connectivity index (χ1v) is 8.70. The lowest BCUT2D eigenvalue weighted by Gasteiger charge is -2.11. The minimum atomic E-state index is -0.394. The third kappa shape index (κ3) is 4.57. The molecule has 0 aliphatic carbocycles. The van der Waals surface area contributed by atoms with Crippen molar-refractivity contribution in [2.45, 2.75) is 6.54 Å². The van der Waals surface area contributed by atoms with Crippen molar-refractivity contribution in [1.82, 2.24) is 5.32 Å². The molecule has 5 nitrogen and oxygen atoms in total. The Morgan fingerprint density at radius 1 is 0.963 bits per heavy atom. The molecule has 0 bridgehead atoms. The SMILES string of the molecule is COC(=O)c1ccc(CNC(=O)COc2ccc(Cl)c3ccccc23)cc1. The third-order valence-electron chi connectivity index (χ3n) is 4.05. The van der Waals surface area contributed by atoms with Crippen LogP contribution in [-0.2, 0) is 16.1 Å². The van der Waals surface area contributed by atoms with Gasteiger partial charge in [-0.3, -0.25) is 4.79 Å². The first kappa shape index (κ1) is 18.7. The highest BCUT2D eigenvalue weighted by atomic mass is 35.5. The van der Waals surface area contributed by atoms with Gasteiger partial charge in [-0.05, 0) is 29.8 Å². The van der Waals surface area contributed by atoms with Gasteiger partial charge in [0.05, 0.1) is 12.7 Å². The molecule has 138 valence electrons. The number of rotatable bonds is 6. The zero-order chi connectivity index (χ0) is 19.2. The number of benzene rings is 3. The molecule has 0 spiro atoms. The fourth-order valence-corrected chi connectivity index (χ4v) is 2.86. The van der Waals surface area contributed by atoms with Gasteiger partial charge in [0.15, 0.2) is 6.61 Å². The minimum Gasteiger partial charge on any atom is -0.483 e. The van der Waals surface area contributed by atoms with E-state index in [-0.39, 0.29) is 12.5 Å². The summed E-state index contributed by atoms with van der Waals surface area (Å²) in [6.45, 7) is 0.233. The van der Waals surface area contributed by atoms with Crippen LogP contribution in [0, 0.1) is 0 Å². The Morgan fingerprint density at radius 3 is 2.37 bits per heavy atom. The van der Waals surface area contributed by atoms with Crippen LogP contribution in [0.25, 0.3) is 10.8 Å². The number of ether oxygens (including phenoxy) is 2. The predicted octanol–water partition coefficient (Wildman–Crippen LogP) is 3.98. The molecule has 0 atom stereocenters. The number of hydrogen-bond donors (Lipinski definition) is 1. The van der Waals surface area contributed by atoms with Crippen molar-refractivity contribution in [2.75, 3.05) is 13.7 Å². The van der Waals surface area contributed by atoms with Crippen LogP contribution in [0.5, 0.6) is 5.75 Å². The van der Waals surface area contributed by atoms with Crippen molar-refractivity contribution in [3.05, 3.63) is 76.8 Å². The number of halogens is 1. The quantitative estimate of drug-likeness (QED) is 0.654. The maximum absolute atomic E-state index is 12.1. The van der Waals surface area contributed by atoms with Crippen molar-refractivity contribution in [3.8, 4) is 5.75 Å². The maximum Gasteiger partial charge on any atom is 0.337 e. The van der Waals surface area contributed by atoms with E-state index in [0.29, 0.717) is 22.9 Å². The lowest BCUT2D eigenvalue weighted by Crippen LogP contribution is -2.28. The van der Waals surface area contributed by atoms with Crippen LogP contribution in [0.1, 0.15) is 15.9 Å². The van der Waals surface area contributed by atoms with Crippen molar-refractivity contribution in [2.24, 2.45) is 0 Å². The van der Waals surface area contributed by atoms with Crippen molar-refractivity contribution in [1.29, 1.82) is 0 Å². The van der Waals surface area contributed by atoms with E-state index in [9.17, 15) is 9.59 Å². The number of esters is 1. The smallest absolute Gasteiger partial charge is 0.337 e. The minimum absolute atomic E-state index is 0.105. The topological polar surface area (TPSA) is 64.6 Å². The highest BCUT2D eigenvalue weighted by Crippen LogP contribution is 2.31. The van der Waals surface area contributed by atoms with E-state index in [4.69, 9.17) is 16.3 Å². The molecule has 0 aromatic heterocycles. The normalized spacial score (nSPS) is 10.4. The van der Waals surface area contributed by atoms with Crippen LogP contribution in [0.3, 0.4) is 0 Å². The fourth-order valence-electron chi connectivity index (χ4n) is 2.63. The molecular weight excluding hydrogens is 366 g/mol. The second-order valence-electron chi connectivity index (χ2n) is 5.85. The zero-order valence-corrected chi connectivity index (χ0v) is 15.5. The van der Waals surface area contributed by atoms with Gasteiger partial charge >= 0.3 is 5.97 Å². The molecule has 3 aromatic rings. The highest BCUT2D eigenvalue weighted by Gasteiger charge is 2.09. The summed E-state index contributed by atoms with van der Waals surface area (Å²) in [5, 5.41) is 5.16. The van der Waals surface area contributed by atoms with Crippen LogP contribution in [0.15, 0.2) is 60.7 Å². The molecule has 0 radical (unpaired) electrons. The second-order valence-corrected chi connectivity index (χ2v) is 6.25. The molecule has 0 saturated carbocycles. The van der Waals surface area contributed by atoms with Crippen molar-refractivity contribution < 1.29 is 19.1 Å². The van der Waals surface area contributed by atoms with E-state index in [1.165, 1.54) is 7.11 Å². The van der Waals surface area contributed by atoms with Crippen molar-refractivity contribution in [3.63, 3.8) is 0 Å². The van der Waals surface area contributed by atoms with Crippen LogP contribution in [-0.4, -0.2) is 25.6 Å². The average Bonchev–Trinajstić information content (AvgIpc) is 2.71. The van der Waals surface area contributed by atoms with Crippen molar-refractivity contribution >= 4 is 34.2 Å². The molecule has 0 unspecified atom stereocenters. The molecule has 0 aliphatic heterocycles. The third-order valence-corrected chi connectivity index (χ3v) is 4.38. The summed E-state index contributed by atoms with van der Waals surface area (Å²) in [5.41, 5.74) is 1.33. The number of fused-ring (bicyclic) bond motifs is 1. The van der Waals surface area contributed by atoms with E-state index in [2.05, 4.69) is 10.1 Å². The molecule has 1 amide bonds. The Bertz CT molecular complexity index is 970. The number of carbonyl (C=O) groups excluding carboxylic acids is 2. The molecule has 0 aliphatic rings. The second kappa shape index (κ2) is 8.56. The Labute approximate surface area is 161 Å². The van der Waals surface area contributed by atoms with Gasteiger partial charge in [0.25, 0.3) is 5.91 Å². The number of amides is 1. The molecule has 1 N–H and O–H groups in total. The van der Waals surface area contributed by atoms with E-state index >= 15 is 0 Å². The predicted molar refractivity (Wildman–Crippen MR) is 104 cm³/mol. The summed E-state index contributed by atoms with van der Waals surface area (Å²) in [6.07, 6.45) is 0. The lowest BCUT2D eigenvalue weighted by atomic mass is 10.1. The summed E-state index contributed by atoms with van der Waals surface area (Å²) >= 11 is 6.19. The zero-order valence-electron chi connectivity index (χ0n) is 14.7. The monoisotopic (exact) mass is 383 g/mol. The highest BCUT2D eigenvalue weighted by molar-refractivity contribution is 6.35. The van der Waals surface area contributed by atoms with E-state index in [1.807, 2.05) is 24.3 Å². The average molecular weight is 384 g/mol. The first-order valence-electron chi connectivity index (χ1n) is 8.32. The maximum atomic E-state index is 12.1. The number of carbonyl (C=O) groups is 2. The van der Waals surface area contributed by atoms with Gasteiger partial charge in [0.2, 0.25) is 0 Å². The molecule has 0 fully saturated rings. The summed E-state index contributed by atoms with van der Waals surface area (Å²) in [5.74, 6) is -0.0344. The van der Waals surface area contributed by atoms with Gasteiger partial charge in [-0.15, -0.1) is 0 Å². The van der Waals surface area contributed by atoms with E-state index in [0.717, 1.165) is 16.3 Å². The molecule has 0 heterocycles. The summed E-state index contributed by atoms with van der Waals surface area (Å²) < 4.78 is 10.3. The standard InChI is InChI=1S/C21H18ClNO4/c1-26-21(25)15-8-6-14(7-9-15)12-23-20(24)13-27-19-11-10-18(22)16-4-2-3-5-17(16)19/h2-11H,12-13H2,1H3,(H,23,24). The lowest BCUT2D eigenvalue weighted by molar-refractivity contribution is -0.123. The number of methoxy groups -OCH3 is 1. The summed E-state index contributed by atoms with van der Waals surface area (Å²) in [4.78, 5) is 23.5. The summed E-state index contributed by atoms with van der Waals surface area (Å²) in [7, 11) is 1.33. The molecule has 3 rings (SSSR count). The van der Waals surface area contributed by atoms with E-state index < -0.39 is 5.97 Å². The van der Waals surface area contributed by atoms with Crippen LogP contribution in [0.4, 0.5) is 0 Å². The van der Waals surface area contributed by atoms with E-state index in [1.54, 1.807) is 36.4 Å². The first-order chi connectivity index (χ1) is 13.1. The Hall–Kier alpha value is -3.05. The molecule has 3 aromatic carbocycles. The van der Waals surface area contributed by atoms with Gasteiger partial charge in [-0.25, -0.2) is 4.79 Å². The molecule has 27 heavy (non-hydrogen) atoms. The Balaban J connectivity index is 1.56. The Morgan fingerprint density at radius 2 is 1.67 bits per heavy atom. The van der Waals surface area contributed by atoms with Crippen LogP contribution >= 0.6 is 11.6 Å². The largest absolute Gasteiger partial charge is 0.483 e. The Kier molecular flexibility index (Phi) is 5.94. The number of nitrogens with one attached hydrogen (secondary N) is 1. The van der Waals surface area contributed by atoms with Gasteiger partial charge in [0.1, 0.15) is 5.75 Å². The van der Waals surface area contributed by atoms with Gasteiger partial charge in [-0.1, -0.05) is 48.0 Å². The molecular formula is C21H18ClNO4. The van der Waals surface area contributed by atoms with Gasteiger partial charge < -0.3 is 14.8 Å². The van der Waals surface area contributed by atoms with Gasteiger partial charge in [-0.2, -0.15) is 0 Å². The van der Waals surface area contributed by atoms with Gasteiger partial charge in [0, 0.05) is 22.3 Å². The number of hydrogen-bond acceptors (Lipinski definition) is 4.